The first-order chi connectivity index (χ1) is 8.42. The van der Waals surface area contributed by atoms with E-state index in [1.807, 2.05) is 12.3 Å². The van der Waals surface area contributed by atoms with Gasteiger partial charge in [0.1, 0.15) is 0 Å². The summed E-state index contributed by atoms with van der Waals surface area (Å²) in [6, 6.07) is 1.86. The maximum absolute atomic E-state index is 11.3. The summed E-state index contributed by atoms with van der Waals surface area (Å²) in [7, 11) is -2.02. The molecule has 0 fully saturated rings. The van der Waals surface area contributed by atoms with Crippen LogP contribution in [0.4, 0.5) is 0 Å². The summed E-state index contributed by atoms with van der Waals surface area (Å²) < 4.78 is 33.8. The fourth-order valence-corrected chi connectivity index (χ4v) is 3.05. The molecule has 1 aromatic carbocycles. The largest absolute Gasteiger partial charge is 0.381 e. The number of methoxy groups -OCH3 is 1. The average molecular weight is 381 g/mol. The standard InChI is InChI=1S/C11H12INO4S/c1-16-6-7-3-10(12)8-4-13-5-9(8)11(7)17-18(2,14)15/h3-5,13H,6H2,1-2H3. The highest BCUT2D eigenvalue weighted by Crippen LogP contribution is 2.34. The van der Waals surface area contributed by atoms with Crippen LogP contribution in [0.15, 0.2) is 18.5 Å². The highest BCUT2D eigenvalue weighted by molar-refractivity contribution is 14.1. The molecule has 0 radical (unpaired) electrons. The van der Waals surface area contributed by atoms with Gasteiger partial charge >= 0.3 is 10.1 Å². The molecule has 0 unspecified atom stereocenters. The van der Waals surface area contributed by atoms with E-state index >= 15 is 0 Å². The molecule has 18 heavy (non-hydrogen) atoms. The van der Waals surface area contributed by atoms with E-state index in [-0.39, 0.29) is 0 Å². The number of hydrogen-bond donors (Lipinski definition) is 1. The lowest BCUT2D eigenvalue weighted by molar-refractivity contribution is 0.183. The van der Waals surface area contributed by atoms with E-state index < -0.39 is 10.1 Å². The van der Waals surface area contributed by atoms with Gasteiger partial charge in [-0.2, -0.15) is 8.42 Å². The number of aromatic nitrogens is 1. The molecule has 0 aliphatic rings. The number of ether oxygens (including phenoxy) is 1. The van der Waals surface area contributed by atoms with Gasteiger partial charge in [-0.25, -0.2) is 0 Å². The Morgan fingerprint density at radius 3 is 2.61 bits per heavy atom. The Morgan fingerprint density at radius 2 is 2.00 bits per heavy atom. The number of rotatable bonds is 4. The van der Waals surface area contributed by atoms with Gasteiger partial charge < -0.3 is 13.9 Å². The van der Waals surface area contributed by atoms with Crippen LogP contribution in [0.1, 0.15) is 5.56 Å². The fourth-order valence-electron chi connectivity index (χ4n) is 1.73. The van der Waals surface area contributed by atoms with Gasteiger partial charge in [-0.3, -0.25) is 0 Å². The summed E-state index contributed by atoms with van der Waals surface area (Å²) in [6.45, 7) is 0.294. The summed E-state index contributed by atoms with van der Waals surface area (Å²) in [6.07, 6.45) is 4.56. The van der Waals surface area contributed by atoms with E-state index in [1.165, 1.54) is 0 Å². The third-order valence-electron chi connectivity index (χ3n) is 2.37. The second-order valence-electron chi connectivity index (χ2n) is 3.85. The van der Waals surface area contributed by atoms with Crippen LogP contribution in [-0.4, -0.2) is 26.8 Å². The molecule has 2 aromatic rings. The zero-order chi connectivity index (χ0) is 13.3. The maximum atomic E-state index is 11.3. The van der Waals surface area contributed by atoms with Crippen LogP contribution in [0.25, 0.3) is 10.8 Å². The molecule has 1 heterocycles. The smallest absolute Gasteiger partial charge is 0.306 e. The van der Waals surface area contributed by atoms with Gasteiger partial charge in [0.25, 0.3) is 0 Å². The number of aromatic amines is 1. The summed E-state index contributed by atoms with van der Waals surface area (Å²) >= 11 is 2.19. The average Bonchev–Trinajstić information content (AvgIpc) is 2.72. The van der Waals surface area contributed by atoms with Gasteiger partial charge in [0.2, 0.25) is 0 Å². The maximum Gasteiger partial charge on any atom is 0.306 e. The number of nitrogens with one attached hydrogen (secondary N) is 1. The summed E-state index contributed by atoms with van der Waals surface area (Å²) in [5, 5.41) is 1.66. The second-order valence-corrected chi connectivity index (χ2v) is 6.59. The van der Waals surface area contributed by atoms with Crippen LogP contribution in [-0.2, 0) is 21.5 Å². The van der Waals surface area contributed by atoms with Crippen LogP contribution in [0.2, 0.25) is 0 Å². The Hall–Kier alpha value is -0.800. The summed E-state index contributed by atoms with van der Waals surface area (Å²) in [5.41, 5.74) is 0.708. The minimum absolute atomic E-state index is 0.294. The molecule has 7 heteroatoms. The fraction of sp³-hybridized carbons (Fsp3) is 0.273. The molecule has 0 amide bonds. The quantitative estimate of drug-likeness (QED) is 0.652. The first-order valence-corrected chi connectivity index (χ1v) is 7.98. The van der Waals surface area contributed by atoms with Gasteiger partial charge in [-0.15, -0.1) is 0 Å². The lowest BCUT2D eigenvalue weighted by Gasteiger charge is -2.11. The number of halogens is 1. The monoisotopic (exact) mass is 381 g/mol. The third kappa shape index (κ3) is 2.78. The van der Waals surface area contributed by atoms with E-state index in [4.69, 9.17) is 8.92 Å². The second kappa shape index (κ2) is 5.06. The highest BCUT2D eigenvalue weighted by atomic mass is 127. The van der Waals surface area contributed by atoms with Crippen LogP contribution < -0.4 is 4.18 Å². The van der Waals surface area contributed by atoms with Crippen molar-refractivity contribution in [1.82, 2.24) is 4.98 Å². The van der Waals surface area contributed by atoms with Crippen LogP contribution in [0.5, 0.6) is 5.75 Å². The molecular formula is C11H12INO4S. The Bertz CT molecular complexity index is 678. The molecule has 0 aliphatic heterocycles. The van der Waals surface area contributed by atoms with Crippen molar-refractivity contribution in [3.63, 3.8) is 0 Å². The normalized spacial score (nSPS) is 11.9. The molecule has 0 atom stereocenters. The topological polar surface area (TPSA) is 68.4 Å². The van der Waals surface area contributed by atoms with Crippen molar-refractivity contribution in [1.29, 1.82) is 0 Å². The molecule has 0 aliphatic carbocycles. The zero-order valence-electron chi connectivity index (χ0n) is 9.86. The van der Waals surface area contributed by atoms with Gasteiger partial charge in [0.05, 0.1) is 12.9 Å². The molecule has 2 rings (SSSR count). The molecule has 0 saturated carbocycles. The third-order valence-corrected chi connectivity index (χ3v) is 3.74. The summed E-state index contributed by atoms with van der Waals surface area (Å²) in [5.74, 6) is 0.330. The lowest BCUT2D eigenvalue weighted by Crippen LogP contribution is -2.08. The number of H-pyrrole nitrogens is 1. The van der Waals surface area contributed by atoms with E-state index in [1.54, 1.807) is 13.3 Å². The SMILES string of the molecule is COCc1cc(I)c2c[nH]cc2c1OS(C)(=O)=O. The van der Waals surface area contributed by atoms with E-state index in [2.05, 4.69) is 27.6 Å². The van der Waals surface area contributed by atoms with Crippen LogP contribution in [0.3, 0.4) is 0 Å². The molecule has 98 valence electrons. The van der Waals surface area contributed by atoms with Crippen molar-refractivity contribution in [2.75, 3.05) is 13.4 Å². The van der Waals surface area contributed by atoms with Gasteiger partial charge in [0, 0.05) is 39.4 Å². The van der Waals surface area contributed by atoms with E-state index in [9.17, 15) is 8.42 Å². The zero-order valence-corrected chi connectivity index (χ0v) is 12.8. The van der Waals surface area contributed by atoms with Crippen LogP contribution >= 0.6 is 22.6 Å². The minimum Gasteiger partial charge on any atom is -0.381 e. The van der Waals surface area contributed by atoms with Crippen molar-refractivity contribution >= 4 is 43.5 Å². The van der Waals surface area contributed by atoms with Gasteiger partial charge in [-0.05, 0) is 28.7 Å². The number of fused-ring (bicyclic) bond motifs is 1. The lowest BCUT2D eigenvalue weighted by atomic mass is 10.1. The van der Waals surface area contributed by atoms with Crippen molar-refractivity contribution in [2.45, 2.75) is 6.61 Å². The Kier molecular flexibility index (Phi) is 3.83. The summed E-state index contributed by atoms with van der Waals surface area (Å²) in [4.78, 5) is 2.95. The molecule has 1 aromatic heterocycles. The molecule has 0 saturated heterocycles. The van der Waals surface area contributed by atoms with Crippen molar-refractivity contribution in [3.05, 3.63) is 27.6 Å². The molecule has 0 bridgehead atoms. The number of benzene rings is 1. The highest BCUT2D eigenvalue weighted by Gasteiger charge is 2.16. The number of hydrogen-bond acceptors (Lipinski definition) is 4. The Balaban J connectivity index is 2.69. The van der Waals surface area contributed by atoms with Crippen molar-refractivity contribution in [3.8, 4) is 5.75 Å². The first-order valence-electron chi connectivity index (χ1n) is 5.08. The Labute approximate surface area is 119 Å². The molecule has 0 spiro atoms. The van der Waals surface area contributed by atoms with Crippen molar-refractivity contribution < 1.29 is 17.3 Å². The molecular weight excluding hydrogens is 369 g/mol. The molecule has 1 N–H and O–H groups in total. The van der Waals surface area contributed by atoms with E-state index in [0.29, 0.717) is 17.9 Å². The van der Waals surface area contributed by atoms with Crippen molar-refractivity contribution in [2.24, 2.45) is 0 Å². The van der Waals surface area contributed by atoms with E-state index in [0.717, 1.165) is 20.6 Å². The predicted octanol–water partition coefficient (Wildman–Crippen LogP) is 2.26. The van der Waals surface area contributed by atoms with Crippen LogP contribution in [0, 0.1) is 3.57 Å². The Morgan fingerprint density at radius 1 is 1.33 bits per heavy atom. The predicted molar refractivity (Wildman–Crippen MR) is 77.2 cm³/mol. The van der Waals surface area contributed by atoms with Gasteiger partial charge in [-0.1, -0.05) is 0 Å². The van der Waals surface area contributed by atoms with Gasteiger partial charge in [0.15, 0.2) is 5.75 Å². The first kappa shape index (κ1) is 13.6. The molecule has 5 nitrogen and oxygen atoms in total. The minimum atomic E-state index is -3.57.